The Balaban J connectivity index is 3.38. The van der Waals surface area contributed by atoms with E-state index in [0.717, 1.165) is 0 Å². The molecule has 0 aromatic heterocycles. The Kier molecular flexibility index (Phi) is 3.39. The second-order valence-corrected chi connectivity index (χ2v) is 3.27. The number of ketones is 1. The molecule has 2 nitrogen and oxygen atoms in total. The molecule has 1 rings (SSSR count). The molecule has 1 aromatic carbocycles. The van der Waals surface area contributed by atoms with E-state index < -0.39 is 6.43 Å². The van der Waals surface area contributed by atoms with E-state index in [1.165, 1.54) is 26.2 Å². The summed E-state index contributed by atoms with van der Waals surface area (Å²) in [6.45, 7) is 2.98. The van der Waals surface area contributed by atoms with Gasteiger partial charge in [-0.05, 0) is 31.5 Å². The summed E-state index contributed by atoms with van der Waals surface area (Å²) in [7, 11) is 1.41. The average molecular weight is 214 g/mol. The molecule has 0 bridgehead atoms. The molecule has 0 unspecified atom stereocenters. The number of benzene rings is 1. The summed E-state index contributed by atoms with van der Waals surface area (Å²) in [5, 5.41) is 0. The van der Waals surface area contributed by atoms with Crippen molar-refractivity contribution in [3.63, 3.8) is 0 Å². The molecule has 0 amide bonds. The summed E-state index contributed by atoms with van der Waals surface area (Å²) in [5.41, 5.74) is 0.459. The van der Waals surface area contributed by atoms with Gasteiger partial charge in [-0.3, -0.25) is 4.79 Å². The van der Waals surface area contributed by atoms with Crippen LogP contribution in [0.25, 0.3) is 0 Å². The second-order valence-electron chi connectivity index (χ2n) is 3.27. The van der Waals surface area contributed by atoms with Gasteiger partial charge in [0.1, 0.15) is 5.75 Å². The molecule has 0 fully saturated rings. The minimum absolute atomic E-state index is 0.0586. The first kappa shape index (κ1) is 11.6. The van der Waals surface area contributed by atoms with E-state index in [4.69, 9.17) is 4.74 Å². The number of hydrogen-bond donors (Lipinski definition) is 0. The van der Waals surface area contributed by atoms with Gasteiger partial charge in [-0.1, -0.05) is 0 Å². The van der Waals surface area contributed by atoms with E-state index in [2.05, 4.69) is 0 Å². The fourth-order valence-electron chi connectivity index (χ4n) is 1.41. The van der Waals surface area contributed by atoms with Crippen molar-refractivity contribution in [2.75, 3.05) is 7.11 Å². The number of alkyl halides is 2. The zero-order chi connectivity index (χ0) is 11.6. The van der Waals surface area contributed by atoms with Crippen molar-refractivity contribution in [1.82, 2.24) is 0 Å². The van der Waals surface area contributed by atoms with Gasteiger partial charge in [0.25, 0.3) is 6.43 Å². The topological polar surface area (TPSA) is 26.3 Å². The number of ether oxygens (including phenoxy) is 1. The third-order valence-corrected chi connectivity index (χ3v) is 2.18. The Labute approximate surface area is 86.9 Å². The fourth-order valence-corrected chi connectivity index (χ4v) is 1.41. The average Bonchev–Trinajstić information content (AvgIpc) is 2.16. The lowest BCUT2D eigenvalue weighted by Crippen LogP contribution is -2.02. The van der Waals surface area contributed by atoms with Gasteiger partial charge in [0.15, 0.2) is 5.78 Å². The molecule has 0 saturated heterocycles. The van der Waals surface area contributed by atoms with Crippen LogP contribution in [0.15, 0.2) is 12.1 Å². The smallest absolute Gasteiger partial charge is 0.264 e. The lowest BCUT2D eigenvalue weighted by atomic mass is 10.0. The molecule has 0 aliphatic rings. The molecule has 82 valence electrons. The van der Waals surface area contributed by atoms with Gasteiger partial charge in [-0.2, -0.15) is 0 Å². The Morgan fingerprint density at radius 2 is 2.00 bits per heavy atom. The van der Waals surface area contributed by atoms with Crippen LogP contribution in [0.1, 0.15) is 34.8 Å². The Morgan fingerprint density at radius 1 is 1.40 bits per heavy atom. The molecule has 0 spiro atoms. The minimum atomic E-state index is -2.67. The second kappa shape index (κ2) is 4.38. The highest BCUT2D eigenvalue weighted by Gasteiger charge is 2.18. The van der Waals surface area contributed by atoms with Crippen LogP contribution in [0.2, 0.25) is 0 Å². The summed E-state index contributed by atoms with van der Waals surface area (Å²) < 4.78 is 30.2. The molecule has 0 heterocycles. The SMILES string of the molecule is COc1cc(C(F)F)c(C(C)=O)cc1C. The van der Waals surface area contributed by atoms with E-state index in [-0.39, 0.29) is 16.9 Å². The lowest BCUT2D eigenvalue weighted by Gasteiger charge is -2.11. The van der Waals surface area contributed by atoms with Gasteiger partial charge in [0, 0.05) is 11.1 Å². The van der Waals surface area contributed by atoms with Crippen LogP contribution in [0.3, 0.4) is 0 Å². The minimum Gasteiger partial charge on any atom is -0.496 e. The molecule has 0 saturated carbocycles. The van der Waals surface area contributed by atoms with Crippen LogP contribution in [-0.4, -0.2) is 12.9 Å². The highest BCUT2D eigenvalue weighted by Crippen LogP contribution is 2.30. The monoisotopic (exact) mass is 214 g/mol. The first-order valence-corrected chi connectivity index (χ1v) is 4.45. The summed E-state index contributed by atoms with van der Waals surface area (Å²) in [5.74, 6) is 0.00588. The van der Waals surface area contributed by atoms with Crippen LogP contribution in [0.4, 0.5) is 8.78 Å². The molecular weight excluding hydrogens is 202 g/mol. The normalized spacial score (nSPS) is 10.5. The third-order valence-electron chi connectivity index (χ3n) is 2.18. The van der Waals surface area contributed by atoms with Crippen molar-refractivity contribution >= 4 is 5.78 Å². The number of rotatable bonds is 3. The van der Waals surface area contributed by atoms with Crippen molar-refractivity contribution in [2.45, 2.75) is 20.3 Å². The number of carbonyl (C=O) groups excluding carboxylic acids is 1. The summed E-state index contributed by atoms with van der Waals surface area (Å²) >= 11 is 0. The Hall–Kier alpha value is -1.45. The van der Waals surface area contributed by atoms with Gasteiger partial charge in [0.05, 0.1) is 7.11 Å². The van der Waals surface area contributed by atoms with Gasteiger partial charge >= 0.3 is 0 Å². The van der Waals surface area contributed by atoms with Gasteiger partial charge < -0.3 is 4.74 Å². The maximum Gasteiger partial charge on any atom is 0.264 e. The van der Waals surface area contributed by atoms with Crippen molar-refractivity contribution < 1.29 is 18.3 Å². The first-order valence-electron chi connectivity index (χ1n) is 4.45. The Bertz CT molecular complexity index is 386. The van der Waals surface area contributed by atoms with Gasteiger partial charge in [0.2, 0.25) is 0 Å². The van der Waals surface area contributed by atoms with Crippen molar-refractivity contribution in [3.05, 3.63) is 28.8 Å². The molecule has 0 aliphatic carbocycles. The predicted octanol–water partition coefficient (Wildman–Crippen LogP) is 3.14. The Morgan fingerprint density at radius 3 is 2.40 bits per heavy atom. The summed E-state index contributed by atoms with van der Waals surface area (Å²) in [6, 6.07) is 2.65. The molecule has 4 heteroatoms. The molecule has 0 radical (unpaired) electrons. The van der Waals surface area contributed by atoms with Crippen molar-refractivity contribution in [1.29, 1.82) is 0 Å². The number of aryl methyl sites for hydroxylation is 1. The van der Waals surface area contributed by atoms with Crippen molar-refractivity contribution in [2.24, 2.45) is 0 Å². The first-order chi connectivity index (χ1) is 6.97. The van der Waals surface area contributed by atoms with Gasteiger partial charge in [-0.25, -0.2) is 8.78 Å². The maximum absolute atomic E-state index is 12.6. The van der Waals surface area contributed by atoms with Crippen LogP contribution in [0.5, 0.6) is 5.75 Å². The quantitative estimate of drug-likeness (QED) is 0.722. The molecule has 0 aliphatic heterocycles. The molecule has 0 N–H and O–H groups in total. The van der Waals surface area contributed by atoms with Crippen LogP contribution >= 0.6 is 0 Å². The highest BCUT2D eigenvalue weighted by atomic mass is 19.3. The van der Waals surface area contributed by atoms with E-state index in [1.54, 1.807) is 6.92 Å². The zero-order valence-corrected chi connectivity index (χ0v) is 8.80. The number of Topliss-reactive ketones (excluding diaryl/α,β-unsaturated/α-hetero) is 1. The standard InChI is InChI=1S/C11H12F2O2/c1-6-4-8(7(2)14)9(11(12)13)5-10(6)15-3/h4-5,11H,1-3H3. The number of hydrogen-bond acceptors (Lipinski definition) is 2. The van der Waals surface area contributed by atoms with Gasteiger partial charge in [-0.15, -0.1) is 0 Å². The summed E-state index contributed by atoms with van der Waals surface area (Å²) in [6.07, 6.45) is -2.67. The van der Waals surface area contributed by atoms with E-state index >= 15 is 0 Å². The molecule has 0 atom stereocenters. The van der Waals surface area contributed by atoms with E-state index in [0.29, 0.717) is 11.3 Å². The van der Waals surface area contributed by atoms with Crippen molar-refractivity contribution in [3.8, 4) is 5.75 Å². The lowest BCUT2D eigenvalue weighted by molar-refractivity contribution is 0.0998. The third kappa shape index (κ3) is 2.32. The molecule has 15 heavy (non-hydrogen) atoms. The van der Waals surface area contributed by atoms with Crippen LogP contribution in [0, 0.1) is 6.92 Å². The van der Waals surface area contributed by atoms with Crippen LogP contribution in [-0.2, 0) is 0 Å². The zero-order valence-electron chi connectivity index (χ0n) is 8.80. The predicted molar refractivity (Wildman–Crippen MR) is 52.7 cm³/mol. The number of carbonyl (C=O) groups is 1. The fraction of sp³-hybridized carbons (Fsp3) is 0.364. The highest BCUT2D eigenvalue weighted by molar-refractivity contribution is 5.96. The van der Waals surface area contributed by atoms with Crippen LogP contribution < -0.4 is 4.74 Å². The largest absolute Gasteiger partial charge is 0.496 e. The molecule has 1 aromatic rings. The maximum atomic E-state index is 12.6. The molecular formula is C11H12F2O2. The summed E-state index contributed by atoms with van der Waals surface area (Å²) in [4.78, 5) is 11.1. The van der Waals surface area contributed by atoms with E-state index in [1.807, 2.05) is 0 Å². The number of halogens is 2. The van der Waals surface area contributed by atoms with E-state index in [9.17, 15) is 13.6 Å². The number of methoxy groups -OCH3 is 1.